The third-order valence-electron chi connectivity index (χ3n) is 2.60. The second-order valence-electron chi connectivity index (χ2n) is 3.33. The van der Waals surface area contributed by atoms with Crippen molar-refractivity contribution in [1.29, 1.82) is 0 Å². The average Bonchev–Trinajstić information content (AvgIpc) is 1.86. The summed E-state index contributed by atoms with van der Waals surface area (Å²) in [6.07, 6.45) is 10.2. The van der Waals surface area contributed by atoms with Crippen LogP contribution in [-0.2, 0) is 0 Å². The zero-order chi connectivity index (χ0) is 6.81. The third-order valence-corrected chi connectivity index (χ3v) is 2.60. The van der Waals surface area contributed by atoms with Crippen LogP contribution in [0.5, 0.6) is 0 Å². The van der Waals surface area contributed by atoms with Crippen molar-refractivity contribution in [3.05, 3.63) is 12.2 Å². The lowest BCUT2D eigenvalue weighted by atomic mass is 9.99. The quantitative estimate of drug-likeness (QED) is 0.498. The van der Waals surface area contributed by atoms with Crippen LogP contribution in [0, 0.1) is 0 Å². The standard InChI is InChI=1S/C9H15N/c1-2-7-10(8-3-1)9-5-4-6-9/h4-5,9H,1-3,6-8H2. The average molecular weight is 137 g/mol. The molecule has 56 valence electrons. The summed E-state index contributed by atoms with van der Waals surface area (Å²) >= 11 is 0. The summed E-state index contributed by atoms with van der Waals surface area (Å²) in [7, 11) is 0. The molecule has 0 aromatic heterocycles. The van der Waals surface area contributed by atoms with Gasteiger partial charge in [0.1, 0.15) is 0 Å². The summed E-state index contributed by atoms with van der Waals surface area (Å²) < 4.78 is 0. The van der Waals surface area contributed by atoms with Gasteiger partial charge < -0.3 is 0 Å². The van der Waals surface area contributed by atoms with Gasteiger partial charge in [0.05, 0.1) is 0 Å². The van der Waals surface area contributed by atoms with E-state index in [-0.39, 0.29) is 0 Å². The second kappa shape index (κ2) is 2.75. The number of hydrogen-bond acceptors (Lipinski definition) is 1. The predicted molar refractivity (Wildman–Crippen MR) is 43.0 cm³/mol. The van der Waals surface area contributed by atoms with Gasteiger partial charge in [-0.3, -0.25) is 4.90 Å². The summed E-state index contributed by atoms with van der Waals surface area (Å²) in [5, 5.41) is 0. The Hall–Kier alpha value is -0.300. The molecule has 1 nitrogen and oxygen atoms in total. The van der Waals surface area contributed by atoms with Gasteiger partial charge in [-0.2, -0.15) is 0 Å². The van der Waals surface area contributed by atoms with E-state index in [9.17, 15) is 0 Å². The highest BCUT2D eigenvalue weighted by molar-refractivity contribution is 5.08. The molecule has 0 bridgehead atoms. The predicted octanol–water partition coefficient (Wildman–Crippen LogP) is 1.80. The van der Waals surface area contributed by atoms with Crippen LogP contribution >= 0.6 is 0 Å². The lowest BCUT2D eigenvalue weighted by molar-refractivity contribution is 0.182. The van der Waals surface area contributed by atoms with Crippen molar-refractivity contribution in [3.63, 3.8) is 0 Å². The number of rotatable bonds is 1. The molecule has 1 atom stereocenters. The number of hydrogen-bond donors (Lipinski definition) is 0. The molecule has 0 radical (unpaired) electrons. The highest BCUT2D eigenvalue weighted by Crippen LogP contribution is 2.20. The SMILES string of the molecule is C1=CC(N2CCCCC2)C1. The van der Waals surface area contributed by atoms with Gasteiger partial charge in [-0.25, -0.2) is 0 Å². The molecule has 1 heteroatoms. The topological polar surface area (TPSA) is 3.24 Å². The third kappa shape index (κ3) is 1.10. The summed E-state index contributed by atoms with van der Waals surface area (Å²) in [5.41, 5.74) is 0. The Labute approximate surface area is 62.7 Å². The van der Waals surface area contributed by atoms with Crippen LogP contribution in [0.2, 0.25) is 0 Å². The molecule has 0 aromatic carbocycles. The van der Waals surface area contributed by atoms with Crippen molar-refractivity contribution >= 4 is 0 Å². The largest absolute Gasteiger partial charge is 0.297 e. The first-order valence-corrected chi connectivity index (χ1v) is 4.37. The molecule has 10 heavy (non-hydrogen) atoms. The van der Waals surface area contributed by atoms with Crippen LogP contribution in [0.3, 0.4) is 0 Å². The van der Waals surface area contributed by atoms with Crippen LogP contribution < -0.4 is 0 Å². The van der Waals surface area contributed by atoms with Crippen molar-refractivity contribution in [3.8, 4) is 0 Å². The molecule has 1 unspecified atom stereocenters. The van der Waals surface area contributed by atoms with Gasteiger partial charge in [-0.1, -0.05) is 18.6 Å². The summed E-state index contributed by atoms with van der Waals surface area (Å²) in [6, 6.07) is 0.820. The van der Waals surface area contributed by atoms with Gasteiger partial charge in [0, 0.05) is 6.04 Å². The van der Waals surface area contributed by atoms with E-state index >= 15 is 0 Å². The number of nitrogens with zero attached hydrogens (tertiary/aromatic N) is 1. The van der Waals surface area contributed by atoms with Crippen LogP contribution in [-0.4, -0.2) is 24.0 Å². The minimum absolute atomic E-state index is 0.820. The zero-order valence-electron chi connectivity index (χ0n) is 6.42. The van der Waals surface area contributed by atoms with Crippen molar-refractivity contribution in [2.75, 3.05) is 13.1 Å². The molecule has 0 saturated carbocycles. The van der Waals surface area contributed by atoms with Crippen molar-refractivity contribution in [2.24, 2.45) is 0 Å². The van der Waals surface area contributed by atoms with Crippen molar-refractivity contribution < 1.29 is 0 Å². The Balaban J connectivity index is 1.85. The maximum atomic E-state index is 2.61. The maximum absolute atomic E-state index is 2.61. The highest BCUT2D eigenvalue weighted by atomic mass is 15.2. The Morgan fingerprint density at radius 2 is 1.80 bits per heavy atom. The first kappa shape index (κ1) is 6.41. The normalized spacial score (nSPS) is 33.8. The summed E-state index contributed by atoms with van der Waals surface area (Å²) in [6.45, 7) is 2.68. The maximum Gasteiger partial charge on any atom is 0.0312 e. The van der Waals surface area contributed by atoms with Gasteiger partial charge in [0.15, 0.2) is 0 Å². The smallest absolute Gasteiger partial charge is 0.0312 e. The molecule has 0 N–H and O–H groups in total. The Morgan fingerprint density at radius 1 is 1.10 bits per heavy atom. The first-order valence-electron chi connectivity index (χ1n) is 4.37. The van der Waals surface area contributed by atoms with Gasteiger partial charge in [-0.15, -0.1) is 0 Å². The van der Waals surface area contributed by atoms with Crippen LogP contribution in [0.25, 0.3) is 0 Å². The fourth-order valence-corrected chi connectivity index (χ4v) is 1.78. The van der Waals surface area contributed by atoms with E-state index in [4.69, 9.17) is 0 Å². The van der Waals surface area contributed by atoms with Crippen LogP contribution in [0.4, 0.5) is 0 Å². The lowest BCUT2D eigenvalue weighted by Gasteiger charge is -2.35. The minimum atomic E-state index is 0.820. The molecule has 2 aliphatic rings. The van der Waals surface area contributed by atoms with E-state index in [1.807, 2.05) is 0 Å². The van der Waals surface area contributed by atoms with E-state index in [0.717, 1.165) is 6.04 Å². The summed E-state index contributed by atoms with van der Waals surface area (Å²) in [4.78, 5) is 2.61. The van der Waals surface area contributed by atoms with Crippen LogP contribution in [0.1, 0.15) is 25.7 Å². The van der Waals surface area contributed by atoms with E-state index in [0.29, 0.717) is 0 Å². The fourth-order valence-electron chi connectivity index (χ4n) is 1.78. The van der Waals surface area contributed by atoms with E-state index in [1.54, 1.807) is 0 Å². The Bertz CT molecular complexity index is 134. The summed E-state index contributed by atoms with van der Waals surface area (Å²) in [5.74, 6) is 0. The van der Waals surface area contributed by atoms with E-state index < -0.39 is 0 Å². The van der Waals surface area contributed by atoms with Gasteiger partial charge in [-0.05, 0) is 32.4 Å². The van der Waals surface area contributed by atoms with Crippen molar-refractivity contribution in [2.45, 2.75) is 31.7 Å². The Morgan fingerprint density at radius 3 is 2.30 bits per heavy atom. The molecule has 1 aliphatic heterocycles. The zero-order valence-corrected chi connectivity index (χ0v) is 6.42. The molecule has 0 aromatic rings. The van der Waals surface area contributed by atoms with Crippen molar-refractivity contribution in [1.82, 2.24) is 4.90 Å². The molecule has 1 heterocycles. The van der Waals surface area contributed by atoms with Gasteiger partial charge in [0.2, 0.25) is 0 Å². The first-order chi connectivity index (χ1) is 4.97. The molecule has 1 aliphatic carbocycles. The molecular weight excluding hydrogens is 122 g/mol. The molecule has 1 fully saturated rings. The molecular formula is C9H15N. The highest BCUT2D eigenvalue weighted by Gasteiger charge is 2.20. The molecule has 0 amide bonds. The number of likely N-dealkylation sites (tertiary alicyclic amines) is 1. The molecule has 2 rings (SSSR count). The van der Waals surface area contributed by atoms with E-state index in [2.05, 4.69) is 17.1 Å². The Kier molecular flexibility index (Phi) is 1.76. The second-order valence-corrected chi connectivity index (χ2v) is 3.33. The van der Waals surface area contributed by atoms with Crippen LogP contribution in [0.15, 0.2) is 12.2 Å². The van der Waals surface area contributed by atoms with Gasteiger partial charge in [0.25, 0.3) is 0 Å². The fraction of sp³-hybridized carbons (Fsp3) is 0.778. The lowest BCUT2D eigenvalue weighted by Crippen LogP contribution is -2.40. The monoisotopic (exact) mass is 137 g/mol. The minimum Gasteiger partial charge on any atom is -0.297 e. The van der Waals surface area contributed by atoms with E-state index in [1.165, 1.54) is 38.8 Å². The number of piperidine rings is 1. The van der Waals surface area contributed by atoms with Gasteiger partial charge >= 0.3 is 0 Å². The molecule has 1 saturated heterocycles. The molecule has 0 spiro atoms.